The Labute approximate surface area is 122 Å². The zero-order chi connectivity index (χ0) is 14.4. The maximum absolute atomic E-state index is 12.3. The number of aromatic hydroxyl groups is 1. The summed E-state index contributed by atoms with van der Waals surface area (Å²) in [6.07, 6.45) is 5.26. The molecule has 2 aliphatic rings. The number of carbonyl (C=O) groups is 1. The summed E-state index contributed by atoms with van der Waals surface area (Å²) in [5.41, 5.74) is 4.18. The van der Waals surface area contributed by atoms with Crippen molar-refractivity contribution in [2.45, 2.75) is 12.8 Å². The van der Waals surface area contributed by atoms with Gasteiger partial charge < -0.3 is 10.4 Å². The number of carbonyl (C=O) groups excluding carboxylic acids is 1. The second-order valence-corrected chi connectivity index (χ2v) is 5.24. The van der Waals surface area contributed by atoms with E-state index in [0.29, 0.717) is 5.57 Å². The average Bonchev–Trinajstić information content (AvgIpc) is 2.75. The van der Waals surface area contributed by atoms with Crippen molar-refractivity contribution in [3.63, 3.8) is 0 Å². The first-order valence-electron chi connectivity index (χ1n) is 6.96. The molecule has 0 radical (unpaired) electrons. The summed E-state index contributed by atoms with van der Waals surface area (Å²) >= 11 is 0. The van der Waals surface area contributed by atoms with Gasteiger partial charge in [-0.05, 0) is 18.4 Å². The maximum Gasteiger partial charge on any atom is 0.257 e. The maximum atomic E-state index is 12.3. The number of hydrogen-bond donors (Lipinski definition) is 2. The molecule has 0 fully saturated rings. The van der Waals surface area contributed by atoms with Crippen LogP contribution in [0.1, 0.15) is 23.2 Å². The number of benzene rings is 1. The van der Waals surface area contributed by atoms with Crippen LogP contribution in [0, 0.1) is 0 Å². The number of aryl methyl sites for hydroxylation is 1. The zero-order valence-electron chi connectivity index (χ0n) is 11.3. The quantitative estimate of drug-likeness (QED) is 0.842. The minimum atomic E-state index is -0.124. The van der Waals surface area contributed by atoms with Gasteiger partial charge in [0.05, 0.1) is 17.0 Å². The van der Waals surface area contributed by atoms with Gasteiger partial charge in [-0.15, -0.1) is 0 Å². The van der Waals surface area contributed by atoms with Crippen LogP contribution in [0.4, 0.5) is 0 Å². The Kier molecular flexibility index (Phi) is 2.51. The van der Waals surface area contributed by atoms with Gasteiger partial charge in [-0.25, -0.2) is 0 Å². The van der Waals surface area contributed by atoms with Gasteiger partial charge in [0.2, 0.25) is 0 Å². The number of hydrogen-bond acceptors (Lipinski definition) is 2. The van der Waals surface area contributed by atoms with Crippen LogP contribution >= 0.6 is 0 Å². The van der Waals surface area contributed by atoms with Crippen LogP contribution in [-0.4, -0.2) is 15.6 Å². The Balaban J connectivity index is 2.01. The first-order valence-corrected chi connectivity index (χ1v) is 6.96. The van der Waals surface area contributed by atoms with Crippen molar-refractivity contribution in [3.05, 3.63) is 65.5 Å². The summed E-state index contributed by atoms with van der Waals surface area (Å²) in [5.74, 6) is 0.0423. The Morgan fingerprint density at radius 1 is 1.19 bits per heavy atom. The Morgan fingerprint density at radius 3 is 2.81 bits per heavy atom. The third kappa shape index (κ3) is 1.72. The summed E-state index contributed by atoms with van der Waals surface area (Å²) in [6.45, 7) is 0. The van der Waals surface area contributed by atoms with Gasteiger partial charge >= 0.3 is 0 Å². The molecule has 0 unspecified atom stereocenters. The normalized spacial score (nSPS) is 16.5. The van der Waals surface area contributed by atoms with Crippen molar-refractivity contribution in [1.29, 1.82) is 0 Å². The van der Waals surface area contributed by atoms with Gasteiger partial charge in [-0.3, -0.25) is 9.36 Å². The summed E-state index contributed by atoms with van der Waals surface area (Å²) < 4.78 is 1.76. The van der Waals surface area contributed by atoms with E-state index >= 15 is 0 Å². The fourth-order valence-corrected chi connectivity index (χ4v) is 3.04. The van der Waals surface area contributed by atoms with E-state index in [-0.39, 0.29) is 11.8 Å². The summed E-state index contributed by atoms with van der Waals surface area (Å²) in [7, 11) is 0. The highest BCUT2D eigenvalue weighted by atomic mass is 16.3. The van der Waals surface area contributed by atoms with E-state index in [4.69, 9.17) is 0 Å². The number of amides is 1. The highest BCUT2D eigenvalue weighted by Gasteiger charge is 2.29. The van der Waals surface area contributed by atoms with E-state index in [1.165, 1.54) is 0 Å². The van der Waals surface area contributed by atoms with Crippen LogP contribution in [0.15, 0.2) is 48.7 Å². The minimum Gasteiger partial charge on any atom is -0.494 e. The number of aromatic nitrogens is 1. The molecule has 2 aromatic rings. The Hall–Kier alpha value is -2.75. The topological polar surface area (TPSA) is 54.3 Å². The third-order valence-electron chi connectivity index (χ3n) is 3.97. The summed E-state index contributed by atoms with van der Waals surface area (Å²) in [4.78, 5) is 12.3. The molecular formula is C17H14N2O2. The van der Waals surface area contributed by atoms with E-state index in [1.54, 1.807) is 16.8 Å². The molecule has 0 bridgehead atoms. The number of allylic oxidation sites excluding steroid dienone is 1. The van der Waals surface area contributed by atoms with Crippen molar-refractivity contribution in [2.24, 2.45) is 0 Å². The largest absolute Gasteiger partial charge is 0.494 e. The van der Waals surface area contributed by atoms with E-state index in [9.17, 15) is 9.90 Å². The van der Waals surface area contributed by atoms with Crippen LogP contribution in [0.5, 0.6) is 5.88 Å². The first kappa shape index (κ1) is 12.0. The van der Waals surface area contributed by atoms with E-state index in [1.807, 2.05) is 36.4 Å². The molecule has 4 rings (SSSR count). The third-order valence-corrected chi connectivity index (χ3v) is 3.97. The van der Waals surface area contributed by atoms with E-state index in [0.717, 1.165) is 35.4 Å². The van der Waals surface area contributed by atoms with Crippen LogP contribution in [-0.2, 0) is 11.2 Å². The average molecular weight is 278 g/mol. The lowest BCUT2D eigenvalue weighted by Crippen LogP contribution is -2.19. The molecule has 104 valence electrons. The van der Waals surface area contributed by atoms with Crippen LogP contribution in [0.2, 0.25) is 0 Å². The molecule has 0 saturated carbocycles. The first-order chi connectivity index (χ1) is 10.3. The fraction of sp³-hybridized carbons (Fsp3) is 0.118. The Bertz CT molecular complexity index is 798. The van der Waals surface area contributed by atoms with Crippen molar-refractivity contribution in [2.75, 3.05) is 0 Å². The molecule has 0 spiro atoms. The Morgan fingerprint density at radius 2 is 2.00 bits per heavy atom. The molecule has 0 saturated heterocycles. The molecule has 0 atom stereocenters. The van der Waals surface area contributed by atoms with Gasteiger partial charge in [0.15, 0.2) is 5.88 Å². The predicted molar refractivity (Wildman–Crippen MR) is 80.4 cm³/mol. The summed E-state index contributed by atoms with van der Waals surface area (Å²) in [5, 5.41) is 13.2. The number of nitrogens with one attached hydrogen (secondary N) is 1. The molecule has 1 aromatic heterocycles. The van der Waals surface area contributed by atoms with Gasteiger partial charge in [0.1, 0.15) is 0 Å². The highest BCUT2D eigenvalue weighted by Crippen LogP contribution is 2.38. The lowest BCUT2D eigenvalue weighted by molar-refractivity contribution is -0.114. The van der Waals surface area contributed by atoms with Crippen LogP contribution in [0.3, 0.4) is 0 Å². The molecule has 1 amide bonds. The van der Waals surface area contributed by atoms with E-state index < -0.39 is 0 Å². The molecular weight excluding hydrogens is 264 g/mol. The number of nitrogens with zero attached hydrogens (tertiary/aromatic N) is 1. The van der Waals surface area contributed by atoms with Gasteiger partial charge in [0.25, 0.3) is 5.91 Å². The molecule has 1 aliphatic carbocycles. The smallest absolute Gasteiger partial charge is 0.257 e. The monoisotopic (exact) mass is 278 g/mol. The lowest BCUT2D eigenvalue weighted by atomic mass is 9.96. The molecule has 2 heterocycles. The van der Waals surface area contributed by atoms with Gasteiger partial charge in [-0.2, -0.15) is 0 Å². The highest BCUT2D eigenvalue weighted by molar-refractivity contribution is 6.21. The van der Waals surface area contributed by atoms with E-state index in [2.05, 4.69) is 5.32 Å². The fourth-order valence-electron chi connectivity index (χ4n) is 3.04. The zero-order valence-corrected chi connectivity index (χ0v) is 11.3. The van der Waals surface area contributed by atoms with Crippen molar-refractivity contribution >= 4 is 17.2 Å². The lowest BCUT2D eigenvalue weighted by Gasteiger charge is -2.16. The van der Waals surface area contributed by atoms with Gasteiger partial charge in [-0.1, -0.05) is 36.4 Å². The SMILES string of the molecule is O=C1NC=C(c2ccccc2)n2c(O)cc3c2C1=CCC3. The molecule has 21 heavy (non-hydrogen) atoms. The van der Waals surface area contributed by atoms with Crippen LogP contribution in [0.25, 0.3) is 11.3 Å². The molecule has 2 N–H and O–H groups in total. The van der Waals surface area contributed by atoms with Crippen molar-refractivity contribution in [3.8, 4) is 5.88 Å². The molecule has 1 aliphatic heterocycles. The van der Waals surface area contributed by atoms with Crippen LogP contribution < -0.4 is 5.32 Å². The minimum absolute atomic E-state index is 0.124. The molecule has 4 nitrogen and oxygen atoms in total. The summed E-state index contributed by atoms with van der Waals surface area (Å²) in [6, 6.07) is 11.5. The molecule has 4 heteroatoms. The van der Waals surface area contributed by atoms with Crippen molar-refractivity contribution < 1.29 is 9.90 Å². The second kappa shape index (κ2) is 4.38. The standard InChI is InChI=1S/C17H14N2O2/c20-15-9-12-7-4-8-13-16(12)19(15)14(10-18-17(13)21)11-5-2-1-3-6-11/h1-3,5-6,8-10,20H,4,7H2,(H,18,21). The second-order valence-electron chi connectivity index (χ2n) is 5.24. The van der Waals surface area contributed by atoms with Gasteiger partial charge in [0, 0.05) is 17.8 Å². The molecule has 1 aromatic carbocycles. The van der Waals surface area contributed by atoms with Crippen molar-refractivity contribution in [1.82, 2.24) is 9.88 Å². The predicted octanol–water partition coefficient (Wildman–Crippen LogP) is 2.50. The number of rotatable bonds is 1.